The maximum atomic E-state index is 4.85. The third kappa shape index (κ3) is 4.06. The minimum Gasteiger partial charge on any atom is -0.306 e. The maximum absolute atomic E-state index is 4.85. The van der Waals surface area contributed by atoms with Gasteiger partial charge < -0.3 is 4.40 Å². The molecule has 2 heterocycles. The molecule has 10 aromatic carbocycles. The molecular formula is C51H30N2. The Morgan fingerprint density at radius 1 is 0.340 bits per heavy atom. The fraction of sp³-hybridized carbons (Fsp3) is 0. The second-order valence-electron chi connectivity index (χ2n) is 14.3. The Bertz CT molecular complexity index is 3410. The Morgan fingerprint density at radius 2 is 0.868 bits per heavy atom. The first-order valence-corrected chi connectivity index (χ1v) is 18.3. The molecule has 53 heavy (non-hydrogen) atoms. The zero-order valence-electron chi connectivity index (χ0n) is 28.7. The number of benzene rings is 9. The van der Waals surface area contributed by atoms with Crippen LogP contribution in [0.4, 0.5) is 0 Å². The first-order chi connectivity index (χ1) is 26.3. The Morgan fingerprint density at radius 3 is 1.57 bits per heavy atom. The summed E-state index contributed by atoms with van der Waals surface area (Å²) in [6.07, 6.45) is 4.14. The van der Waals surface area contributed by atoms with Crippen molar-refractivity contribution < 1.29 is 0 Å². The van der Waals surface area contributed by atoms with Crippen LogP contribution in [0.2, 0.25) is 0 Å². The zero-order valence-corrected chi connectivity index (χ0v) is 28.7. The SMILES string of the molecule is c1ccc2c(-c3cc4cccc5c6cccc7ccc8cccc(c9cccc3c9c45)c8c76)ccc(-c3ccc(-c4cn5ccccc5n4)cc3)c2c1. The van der Waals surface area contributed by atoms with Crippen LogP contribution in [0, 0.1) is 0 Å². The molecule has 0 atom stereocenters. The van der Waals surface area contributed by atoms with E-state index in [1.54, 1.807) is 0 Å². The number of imidazole rings is 1. The number of fused-ring (bicyclic) bond motifs is 4. The van der Waals surface area contributed by atoms with Gasteiger partial charge >= 0.3 is 0 Å². The normalized spacial score (nSPS) is 12.2. The van der Waals surface area contributed by atoms with E-state index < -0.39 is 0 Å². The van der Waals surface area contributed by atoms with E-state index in [2.05, 4.69) is 162 Å². The lowest BCUT2D eigenvalue weighted by molar-refractivity contribution is 1.19. The molecule has 2 heteroatoms. The number of pyridine rings is 1. The summed E-state index contributed by atoms with van der Waals surface area (Å²) < 4.78 is 2.07. The van der Waals surface area contributed by atoms with Crippen molar-refractivity contribution in [3.8, 4) is 33.5 Å². The van der Waals surface area contributed by atoms with Crippen LogP contribution in [0.3, 0.4) is 0 Å². The largest absolute Gasteiger partial charge is 0.306 e. The van der Waals surface area contributed by atoms with Crippen LogP contribution < -0.4 is 0 Å². The van der Waals surface area contributed by atoms with E-state index in [1.807, 2.05) is 24.4 Å². The predicted octanol–water partition coefficient (Wildman–Crippen LogP) is 13.8. The summed E-state index contributed by atoms with van der Waals surface area (Å²) in [7, 11) is 0. The van der Waals surface area contributed by atoms with Gasteiger partial charge in [0.15, 0.2) is 0 Å². The van der Waals surface area contributed by atoms with Gasteiger partial charge in [0.1, 0.15) is 5.65 Å². The van der Waals surface area contributed by atoms with E-state index in [9.17, 15) is 0 Å². The molecule has 0 aliphatic carbocycles. The molecule has 0 spiro atoms. The van der Waals surface area contributed by atoms with Gasteiger partial charge in [0.2, 0.25) is 0 Å². The molecule has 0 saturated carbocycles. The highest BCUT2D eigenvalue weighted by Gasteiger charge is 2.19. The molecule has 0 unspecified atom stereocenters. The van der Waals surface area contributed by atoms with Gasteiger partial charge in [-0.15, -0.1) is 0 Å². The average Bonchev–Trinajstić information content (AvgIpc) is 3.66. The van der Waals surface area contributed by atoms with Gasteiger partial charge in [0.25, 0.3) is 0 Å². The van der Waals surface area contributed by atoms with Crippen molar-refractivity contribution in [2.45, 2.75) is 0 Å². The molecular weight excluding hydrogens is 641 g/mol. The third-order valence-corrected chi connectivity index (χ3v) is 11.5. The number of aromatic nitrogens is 2. The lowest BCUT2D eigenvalue weighted by atomic mass is 9.84. The Labute approximate surface area is 305 Å². The summed E-state index contributed by atoms with van der Waals surface area (Å²) >= 11 is 0. The van der Waals surface area contributed by atoms with Crippen LogP contribution in [-0.4, -0.2) is 9.38 Å². The summed E-state index contributed by atoms with van der Waals surface area (Å²) in [6.45, 7) is 0. The molecule has 2 aromatic heterocycles. The number of rotatable bonds is 3. The van der Waals surface area contributed by atoms with Crippen LogP contribution in [0.25, 0.3) is 115 Å². The standard InChI is InChI=1S/C51H30N2/c1-2-13-38-37(12-1)36(31-20-22-32(23-21-31)46-30-53-28-4-3-19-47(53)52-46)26-27-39(38)45-29-35-11-7-16-41-40-14-5-9-33-24-25-34-10-6-15-42(49(34)48(33)40)43-17-8-18-44(45)51(43)50(35)41/h1-30H. The number of nitrogens with zero attached hydrogens (tertiary/aromatic N) is 2. The zero-order chi connectivity index (χ0) is 34.6. The molecule has 0 aliphatic rings. The summed E-state index contributed by atoms with van der Waals surface area (Å²) in [6, 6.07) is 62.9. The predicted molar refractivity (Wildman–Crippen MR) is 225 cm³/mol. The van der Waals surface area contributed by atoms with Crippen LogP contribution in [-0.2, 0) is 0 Å². The van der Waals surface area contributed by atoms with E-state index in [4.69, 9.17) is 4.98 Å². The molecule has 0 bridgehead atoms. The quantitative estimate of drug-likeness (QED) is 0.171. The second kappa shape index (κ2) is 10.7. The summed E-state index contributed by atoms with van der Waals surface area (Å²) in [4.78, 5) is 4.85. The summed E-state index contributed by atoms with van der Waals surface area (Å²) in [5.74, 6) is 0. The molecule has 0 fully saturated rings. The van der Waals surface area contributed by atoms with E-state index >= 15 is 0 Å². The minimum absolute atomic E-state index is 0.953. The first-order valence-electron chi connectivity index (χ1n) is 18.3. The highest BCUT2D eigenvalue weighted by Crippen LogP contribution is 2.47. The van der Waals surface area contributed by atoms with Gasteiger partial charge in [-0.25, -0.2) is 4.98 Å². The van der Waals surface area contributed by atoms with Gasteiger partial charge in [-0.3, -0.25) is 0 Å². The lowest BCUT2D eigenvalue weighted by Gasteiger charge is -2.19. The van der Waals surface area contributed by atoms with E-state index in [1.165, 1.54) is 97.7 Å². The Kier molecular flexibility index (Phi) is 5.80. The van der Waals surface area contributed by atoms with Crippen molar-refractivity contribution in [2.75, 3.05) is 0 Å². The monoisotopic (exact) mass is 670 g/mol. The molecule has 0 radical (unpaired) electrons. The molecule has 0 amide bonds. The first kappa shape index (κ1) is 28.6. The summed E-state index contributed by atoms with van der Waals surface area (Å²) in [5.41, 5.74) is 7.97. The second-order valence-corrected chi connectivity index (χ2v) is 14.3. The average molecular weight is 671 g/mol. The number of hydrogen-bond donors (Lipinski definition) is 0. The fourth-order valence-corrected chi connectivity index (χ4v) is 9.21. The van der Waals surface area contributed by atoms with Gasteiger partial charge in [-0.05, 0) is 116 Å². The van der Waals surface area contributed by atoms with Crippen molar-refractivity contribution in [1.82, 2.24) is 9.38 Å². The number of hydrogen-bond acceptors (Lipinski definition) is 1. The topological polar surface area (TPSA) is 17.3 Å². The van der Waals surface area contributed by atoms with Crippen molar-refractivity contribution in [3.05, 3.63) is 182 Å². The Balaban J connectivity index is 1.12. The molecule has 244 valence electrons. The smallest absolute Gasteiger partial charge is 0.137 e. The third-order valence-electron chi connectivity index (χ3n) is 11.5. The molecule has 0 N–H and O–H groups in total. The van der Waals surface area contributed by atoms with E-state index in [0.717, 1.165) is 16.9 Å². The van der Waals surface area contributed by atoms with E-state index in [-0.39, 0.29) is 0 Å². The van der Waals surface area contributed by atoms with Crippen LogP contribution in [0.15, 0.2) is 182 Å². The molecule has 12 rings (SSSR count). The van der Waals surface area contributed by atoms with Crippen LogP contribution in [0.1, 0.15) is 0 Å². The highest BCUT2D eigenvalue weighted by molar-refractivity contribution is 6.38. The van der Waals surface area contributed by atoms with Crippen LogP contribution in [0.5, 0.6) is 0 Å². The fourth-order valence-electron chi connectivity index (χ4n) is 9.21. The van der Waals surface area contributed by atoms with Gasteiger partial charge in [-0.2, -0.15) is 0 Å². The van der Waals surface area contributed by atoms with Crippen molar-refractivity contribution in [2.24, 2.45) is 0 Å². The lowest BCUT2D eigenvalue weighted by Crippen LogP contribution is -1.91. The van der Waals surface area contributed by atoms with Crippen molar-refractivity contribution in [3.63, 3.8) is 0 Å². The van der Waals surface area contributed by atoms with Gasteiger partial charge in [0, 0.05) is 18.0 Å². The Hall–Kier alpha value is -7.03. The maximum Gasteiger partial charge on any atom is 0.137 e. The molecule has 2 nitrogen and oxygen atoms in total. The van der Waals surface area contributed by atoms with Crippen molar-refractivity contribution in [1.29, 1.82) is 0 Å². The minimum atomic E-state index is 0.953. The van der Waals surface area contributed by atoms with Gasteiger partial charge in [0.05, 0.1) is 5.69 Å². The molecule has 12 aromatic rings. The molecule has 0 aliphatic heterocycles. The summed E-state index contributed by atoms with van der Waals surface area (Å²) in [5, 5.41) is 18.1. The van der Waals surface area contributed by atoms with Gasteiger partial charge in [-0.1, -0.05) is 152 Å². The molecule has 0 saturated heterocycles. The van der Waals surface area contributed by atoms with E-state index in [0.29, 0.717) is 0 Å². The van der Waals surface area contributed by atoms with Crippen LogP contribution >= 0.6 is 0 Å². The van der Waals surface area contributed by atoms with Crippen molar-refractivity contribution >= 4 is 81.1 Å². The highest BCUT2D eigenvalue weighted by atomic mass is 15.0.